The lowest BCUT2D eigenvalue weighted by molar-refractivity contribution is -0.136. The number of nitrogens with one attached hydrogen (secondary N) is 1. The normalized spacial score (nSPS) is 10.7. The zero-order chi connectivity index (χ0) is 10.8. The van der Waals surface area contributed by atoms with E-state index in [-0.39, 0.29) is 6.42 Å². The van der Waals surface area contributed by atoms with Crippen molar-refractivity contribution in [3.8, 4) is 0 Å². The van der Waals surface area contributed by atoms with Crippen LogP contribution in [0.4, 0.5) is 0 Å². The van der Waals surface area contributed by atoms with E-state index >= 15 is 0 Å². The average molecular weight is 204 g/mol. The number of carboxylic acids is 1. The lowest BCUT2D eigenvalue weighted by Crippen LogP contribution is -1.97. The fraction of sp³-hybridized carbons (Fsp3) is 0.273. The van der Waals surface area contributed by atoms with Crippen molar-refractivity contribution < 1.29 is 9.90 Å². The van der Waals surface area contributed by atoms with Crippen molar-refractivity contribution in [3.05, 3.63) is 29.5 Å². The minimum absolute atomic E-state index is 0.130. The molecule has 1 aromatic carbocycles. The number of aromatic nitrogens is 2. The van der Waals surface area contributed by atoms with Crippen molar-refractivity contribution in [2.75, 3.05) is 0 Å². The number of H-pyrrole nitrogens is 1. The molecule has 2 N–H and O–H groups in total. The van der Waals surface area contributed by atoms with Crippen LogP contribution < -0.4 is 0 Å². The number of aromatic amines is 1. The Hall–Kier alpha value is -1.84. The van der Waals surface area contributed by atoms with Crippen molar-refractivity contribution in [3.63, 3.8) is 0 Å². The van der Waals surface area contributed by atoms with Crippen LogP contribution in [0, 0.1) is 6.92 Å². The van der Waals surface area contributed by atoms with Crippen LogP contribution in [0.3, 0.4) is 0 Å². The van der Waals surface area contributed by atoms with Gasteiger partial charge in [-0.1, -0.05) is 11.6 Å². The molecule has 15 heavy (non-hydrogen) atoms. The predicted octanol–water partition coefficient (Wildman–Crippen LogP) is 1.89. The van der Waals surface area contributed by atoms with Crippen LogP contribution >= 0.6 is 0 Å². The highest BCUT2D eigenvalue weighted by Crippen LogP contribution is 2.18. The van der Waals surface area contributed by atoms with Crippen LogP contribution in [0.2, 0.25) is 0 Å². The second-order valence-corrected chi connectivity index (χ2v) is 3.62. The van der Waals surface area contributed by atoms with Crippen LogP contribution in [-0.2, 0) is 11.2 Å². The van der Waals surface area contributed by atoms with Gasteiger partial charge in [0.05, 0.1) is 11.9 Å². The third kappa shape index (κ3) is 1.98. The summed E-state index contributed by atoms with van der Waals surface area (Å²) in [6.45, 7) is 2.01. The van der Waals surface area contributed by atoms with Gasteiger partial charge in [0.25, 0.3) is 0 Å². The number of nitrogens with zero attached hydrogens (tertiary/aromatic N) is 1. The molecule has 0 spiro atoms. The highest BCUT2D eigenvalue weighted by Gasteiger charge is 2.06. The lowest BCUT2D eigenvalue weighted by Gasteiger charge is -1.96. The Kier molecular flexibility index (Phi) is 2.41. The van der Waals surface area contributed by atoms with Crippen molar-refractivity contribution in [1.29, 1.82) is 0 Å². The van der Waals surface area contributed by atoms with E-state index in [9.17, 15) is 4.79 Å². The first-order valence-corrected chi connectivity index (χ1v) is 4.82. The Morgan fingerprint density at radius 1 is 1.53 bits per heavy atom. The summed E-state index contributed by atoms with van der Waals surface area (Å²) < 4.78 is 0. The van der Waals surface area contributed by atoms with E-state index in [1.54, 1.807) is 0 Å². The average Bonchev–Trinajstić information content (AvgIpc) is 2.57. The number of hydrogen-bond acceptors (Lipinski definition) is 2. The molecular formula is C11H12N2O2. The third-order valence-electron chi connectivity index (χ3n) is 2.38. The smallest absolute Gasteiger partial charge is 0.303 e. The van der Waals surface area contributed by atoms with E-state index in [4.69, 9.17) is 5.11 Å². The Bertz CT molecular complexity index is 502. The van der Waals surface area contributed by atoms with Crippen LogP contribution in [-0.4, -0.2) is 21.3 Å². The monoisotopic (exact) mass is 204 g/mol. The van der Waals surface area contributed by atoms with E-state index in [1.807, 2.05) is 25.1 Å². The minimum atomic E-state index is -0.787. The van der Waals surface area contributed by atoms with Gasteiger partial charge < -0.3 is 5.11 Å². The maximum Gasteiger partial charge on any atom is 0.303 e. The van der Waals surface area contributed by atoms with E-state index < -0.39 is 5.97 Å². The summed E-state index contributed by atoms with van der Waals surface area (Å²) in [6.07, 6.45) is 0.626. The quantitative estimate of drug-likeness (QED) is 0.802. The summed E-state index contributed by atoms with van der Waals surface area (Å²) in [6, 6.07) is 5.95. The molecule has 0 atom stereocenters. The van der Waals surface area contributed by atoms with Gasteiger partial charge in [0.15, 0.2) is 0 Å². The van der Waals surface area contributed by atoms with E-state index in [0.717, 1.165) is 22.2 Å². The SMILES string of the molecule is Cc1ccc2n[nH]c(CCC(=O)O)c2c1. The number of hydrogen-bond donors (Lipinski definition) is 2. The second kappa shape index (κ2) is 3.73. The van der Waals surface area contributed by atoms with Gasteiger partial charge in [-0.3, -0.25) is 9.89 Å². The number of benzene rings is 1. The van der Waals surface area contributed by atoms with Crippen molar-refractivity contribution in [2.45, 2.75) is 19.8 Å². The number of fused-ring (bicyclic) bond motifs is 1. The molecule has 1 heterocycles. The van der Waals surface area contributed by atoms with Crippen LogP contribution in [0.5, 0.6) is 0 Å². The molecule has 4 heteroatoms. The maximum atomic E-state index is 10.5. The molecule has 2 rings (SSSR count). The summed E-state index contributed by atoms with van der Waals surface area (Å²) >= 11 is 0. The van der Waals surface area contributed by atoms with Gasteiger partial charge in [-0.05, 0) is 19.1 Å². The van der Waals surface area contributed by atoms with Crippen molar-refractivity contribution >= 4 is 16.9 Å². The standard InChI is InChI=1S/C11H12N2O2/c1-7-2-3-9-8(6-7)10(13-12-9)4-5-11(14)15/h2-3,6H,4-5H2,1H3,(H,12,13)(H,14,15). The fourth-order valence-electron chi connectivity index (χ4n) is 1.60. The third-order valence-corrected chi connectivity index (χ3v) is 2.38. The Morgan fingerprint density at radius 2 is 2.33 bits per heavy atom. The highest BCUT2D eigenvalue weighted by molar-refractivity contribution is 5.82. The summed E-state index contributed by atoms with van der Waals surface area (Å²) in [5.74, 6) is -0.787. The van der Waals surface area contributed by atoms with Crippen molar-refractivity contribution in [1.82, 2.24) is 10.2 Å². The second-order valence-electron chi connectivity index (χ2n) is 3.62. The van der Waals surface area contributed by atoms with Gasteiger partial charge in [0.2, 0.25) is 0 Å². The Morgan fingerprint density at radius 3 is 3.07 bits per heavy atom. The number of carboxylic acid groups (broad SMARTS) is 1. The maximum absolute atomic E-state index is 10.5. The van der Waals surface area contributed by atoms with Gasteiger partial charge >= 0.3 is 5.97 Å². The Labute approximate surface area is 86.9 Å². The summed E-state index contributed by atoms with van der Waals surface area (Å²) in [4.78, 5) is 10.5. The zero-order valence-electron chi connectivity index (χ0n) is 8.45. The molecule has 0 unspecified atom stereocenters. The van der Waals surface area contributed by atoms with Gasteiger partial charge in [0, 0.05) is 17.5 Å². The molecule has 0 fully saturated rings. The van der Waals surface area contributed by atoms with E-state index in [0.29, 0.717) is 6.42 Å². The molecule has 0 saturated heterocycles. The first kappa shape index (κ1) is 9.71. The molecule has 0 saturated carbocycles. The highest BCUT2D eigenvalue weighted by atomic mass is 16.4. The summed E-state index contributed by atoms with van der Waals surface area (Å²) in [5, 5.41) is 16.6. The largest absolute Gasteiger partial charge is 0.481 e. The number of rotatable bonds is 3. The molecular weight excluding hydrogens is 192 g/mol. The molecule has 0 aliphatic heterocycles. The van der Waals surface area contributed by atoms with Crippen LogP contribution in [0.25, 0.3) is 10.9 Å². The molecule has 0 bridgehead atoms. The molecule has 0 radical (unpaired) electrons. The molecule has 1 aromatic heterocycles. The Balaban J connectivity index is 2.35. The molecule has 0 aliphatic rings. The predicted molar refractivity (Wildman–Crippen MR) is 56.8 cm³/mol. The van der Waals surface area contributed by atoms with E-state index in [2.05, 4.69) is 10.2 Å². The van der Waals surface area contributed by atoms with Crippen LogP contribution in [0.1, 0.15) is 17.7 Å². The van der Waals surface area contributed by atoms with Gasteiger partial charge in [0.1, 0.15) is 0 Å². The minimum Gasteiger partial charge on any atom is -0.481 e. The van der Waals surface area contributed by atoms with Crippen molar-refractivity contribution in [2.24, 2.45) is 0 Å². The molecule has 4 nitrogen and oxygen atoms in total. The van der Waals surface area contributed by atoms with Crippen LogP contribution in [0.15, 0.2) is 18.2 Å². The lowest BCUT2D eigenvalue weighted by atomic mass is 10.1. The molecule has 0 aliphatic carbocycles. The first-order valence-electron chi connectivity index (χ1n) is 4.82. The van der Waals surface area contributed by atoms with Gasteiger partial charge in [-0.2, -0.15) is 5.10 Å². The molecule has 0 amide bonds. The first-order chi connectivity index (χ1) is 7.16. The van der Waals surface area contributed by atoms with Gasteiger partial charge in [-0.25, -0.2) is 0 Å². The van der Waals surface area contributed by atoms with E-state index in [1.165, 1.54) is 0 Å². The molecule has 2 aromatic rings. The van der Waals surface area contributed by atoms with Gasteiger partial charge in [-0.15, -0.1) is 0 Å². The summed E-state index contributed by atoms with van der Waals surface area (Å²) in [5.41, 5.74) is 2.94. The topological polar surface area (TPSA) is 66.0 Å². The fourth-order valence-corrected chi connectivity index (χ4v) is 1.60. The number of aryl methyl sites for hydroxylation is 2. The molecule has 78 valence electrons. The summed E-state index contributed by atoms with van der Waals surface area (Å²) in [7, 11) is 0. The number of aliphatic carboxylic acids is 1. The zero-order valence-corrected chi connectivity index (χ0v) is 8.45. The number of carbonyl (C=O) groups is 1.